The number of rotatable bonds is 9. The maximum Gasteiger partial charge on any atom is 0.303 e. The van der Waals surface area contributed by atoms with Gasteiger partial charge < -0.3 is 15.7 Å². The summed E-state index contributed by atoms with van der Waals surface area (Å²) >= 11 is 0. The topological polar surface area (TPSA) is 95.5 Å². The molecule has 0 bridgehead atoms. The molecule has 0 aliphatic heterocycles. The number of carboxylic acid groups (broad SMARTS) is 1. The summed E-state index contributed by atoms with van der Waals surface area (Å²) in [4.78, 5) is 36.0. The van der Waals surface area contributed by atoms with Gasteiger partial charge in [0, 0.05) is 30.6 Å². The fourth-order valence-electron chi connectivity index (χ4n) is 4.99. The molecule has 0 heterocycles. The van der Waals surface area contributed by atoms with E-state index in [1.54, 1.807) is 6.08 Å². The van der Waals surface area contributed by atoms with E-state index in [-0.39, 0.29) is 30.7 Å². The van der Waals surface area contributed by atoms with E-state index in [1.807, 2.05) is 54.6 Å². The number of carbonyl (C=O) groups excluding carboxylic acids is 2. The number of hydrogen-bond acceptors (Lipinski definition) is 3. The van der Waals surface area contributed by atoms with Crippen LogP contribution in [0, 0.1) is 0 Å². The Labute approximate surface area is 226 Å². The van der Waals surface area contributed by atoms with Gasteiger partial charge >= 0.3 is 5.97 Å². The van der Waals surface area contributed by atoms with Crippen molar-refractivity contribution in [3.05, 3.63) is 71.8 Å². The van der Waals surface area contributed by atoms with E-state index in [4.69, 9.17) is 5.11 Å². The SMILES string of the molecule is O=C(O)CCCC(=O)Nc1ccc(C(=CC(=O)NC2CCCCCCCCCCC2)c2ccccc2)cc1. The van der Waals surface area contributed by atoms with Gasteiger partial charge in [-0.2, -0.15) is 0 Å². The lowest BCUT2D eigenvalue weighted by molar-refractivity contribution is -0.137. The number of benzene rings is 2. The van der Waals surface area contributed by atoms with E-state index in [0.717, 1.165) is 42.4 Å². The smallest absolute Gasteiger partial charge is 0.303 e. The van der Waals surface area contributed by atoms with E-state index < -0.39 is 5.97 Å². The standard InChI is InChI=1S/C32H42N2O4/c35-30(18-13-19-32(37)38)33-28-22-20-26(21-23-28)29(25-14-9-8-10-15-25)24-31(36)34-27-16-11-6-4-2-1-3-5-7-12-17-27/h8-10,14-15,20-24,27H,1-7,11-13,16-19H2,(H,33,35)(H,34,36)(H,37,38). The van der Waals surface area contributed by atoms with Crippen LogP contribution >= 0.6 is 0 Å². The van der Waals surface area contributed by atoms with Crippen molar-refractivity contribution in [2.24, 2.45) is 0 Å². The zero-order valence-corrected chi connectivity index (χ0v) is 22.4. The van der Waals surface area contributed by atoms with Gasteiger partial charge in [0.05, 0.1) is 0 Å². The van der Waals surface area contributed by atoms with E-state index in [9.17, 15) is 14.4 Å². The van der Waals surface area contributed by atoms with Crippen LogP contribution < -0.4 is 10.6 Å². The number of carboxylic acids is 1. The Morgan fingerprint density at radius 2 is 1.29 bits per heavy atom. The first-order chi connectivity index (χ1) is 18.5. The highest BCUT2D eigenvalue weighted by Crippen LogP contribution is 2.25. The molecule has 1 aliphatic carbocycles. The van der Waals surface area contributed by atoms with Crippen molar-refractivity contribution < 1.29 is 19.5 Å². The molecule has 0 saturated heterocycles. The predicted molar refractivity (Wildman–Crippen MR) is 153 cm³/mol. The highest BCUT2D eigenvalue weighted by atomic mass is 16.4. The second-order valence-electron chi connectivity index (χ2n) is 10.3. The first-order valence-corrected chi connectivity index (χ1v) is 14.2. The minimum absolute atomic E-state index is 0.0273. The molecule has 3 N–H and O–H groups in total. The third-order valence-electron chi connectivity index (χ3n) is 7.09. The third kappa shape index (κ3) is 10.9. The van der Waals surface area contributed by atoms with Gasteiger partial charge in [-0.05, 0) is 48.1 Å². The molecule has 0 spiro atoms. The molecule has 204 valence electrons. The molecular formula is C32H42N2O4. The summed E-state index contributed by atoms with van der Waals surface area (Å²) in [6.45, 7) is 0. The Bertz CT molecular complexity index is 1030. The van der Waals surface area contributed by atoms with Gasteiger partial charge in [0.1, 0.15) is 0 Å². The van der Waals surface area contributed by atoms with Crippen LogP contribution in [0.5, 0.6) is 0 Å². The largest absolute Gasteiger partial charge is 0.481 e. The summed E-state index contributed by atoms with van der Waals surface area (Å²) in [5.41, 5.74) is 3.30. The van der Waals surface area contributed by atoms with Crippen LogP contribution in [-0.2, 0) is 14.4 Å². The molecule has 6 nitrogen and oxygen atoms in total. The quantitative estimate of drug-likeness (QED) is 0.309. The number of aliphatic carboxylic acids is 1. The second-order valence-corrected chi connectivity index (χ2v) is 10.3. The molecule has 1 saturated carbocycles. The van der Waals surface area contributed by atoms with Crippen LogP contribution in [0.4, 0.5) is 5.69 Å². The van der Waals surface area contributed by atoms with Gasteiger partial charge in [-0.25, -0.2) is 0 Å². The molecule has 1 aliphatic rings. The average Bonchev–Trinajstić information content (AvgIpc) is 2.90. The average molecular weight is 519 g/mol. The molecule has 0 aromatic heterocycles. The lowest BCUT2D eigenvalue weighted by Crippen LogP contribution is -2.34. The summed E-state index contributed by atoms with van der Waals surface area (Å²) in [6, 6.07) is 17.5. The van der Waals surface area contributed by atoms with Gasteiger partial charge in [-0.3, -0.25) is 14.4 Å². The maximum absolute atomic E-state index is 13.2. The van der Waals surface area contributed by atoms with E-state index >= 15 is 0 Å². The van der Waals surface area contributed by atoms with Crippen LogP contribution in [-0.4, -0.2) is 28.9 Å². The Kier molecular flexibility index (Phi) is 12.6. The highest BCUT2D eigenvalue weighted by Gasteiger charge is 2.14. The number of carbonyl (C=O) groups is 3. The van der Waals surface area contributed by atoms with Gasteiger partial charge in [0.2, 0.25) is 11.8 Å². The minimum Gasteiger partial charge on any atom is -0.481 e. The fourth-order valence-corrected chi connectivity index (χ4v) is 4.99. The molecule has 3 rings (SSSR count). The number of amides is 2. The lowest BCUT2D eigenvalue weighted by atomic mass is 9.96. The summed E-state index contributed by atoms with van der Waals surface area (Å²) in [7, 11) is 0. The molecule has 2 amide bonds. The Morgan fingerprint density at radius 1 is 0.737 bits per heavy atom. The Morgan fingerprint density at radius 3 is 1.87 bits per heavy atom. The zero-order chi connectivity index (χ0) is 27.0. The summed E-state index contributed by atoms with van der Waals surface area (Å²) in [5.74, 6) is -1.19. The van der Waals surface area contributed by atoms with E-state index in [1.165, 1.54) is 44.9 Å². The van der Waals surface area contributed by atoms with Gasteiger partial charge in [0.15, 0.2) is 0 Å². The Balaban J connectivity index is 1.69. The highest BCUT2D eigenvalue weighted by molar-refractivity contribution is 5.99. The van der Waals surface area contributed by atoms with Crippen molar-refractivity contribution in [2.75, 3.05) is 5.32 Å². The van der Waals surface area contributed by atoms with Crippen LogP contribution in [0.3, 0.4) is 0 Å². The third-order valence-corrected chi connectivity index (χ3v) is 7.09. The molecule has 0 unspecified atom stereocenters. The second kappa shape index (κ2) is 16.4. The normalized spacial score (nSPS) is 16.1. The number of nitrogens with one attached hydrogen (secondary N) is 2. The number of anilines is 1. The monoisotopic (exact) mass is 518 g/mol. The molecule has 6 heteroatoms. The lowest BCUT2D eigenvalue weighted by Gasteiger charge is -2.19. The molecular weight excluding hydrogens is 476 g/mol. The van der Waals surface area contributed by atoms with Gasteiger partial charge in [-0.15, -0.1) is 0 Å². The predicted octanol–water partition coefficient (Wildman–Crippen LogP) is 7.10. The maximum atomic E-state index is 13.2. The molecule has 2 aromatic carbocycles. The minimum atomic E-state index is -0.905. The van der Waals surface area contributed by atoms with Crippen molar-refractivity contribution in [1.82, 2.24) is 5.32 Å². The molecule has 1 fully saturated rings. The fraction of sp³-hybridized carbons (Fsp3) is 0.469. The first-order valence-electron chi connectivity index (χ1n) is 14.2. The summed E-state index contributed by atoms with van der Waals surface area (Å²) < 4.78 is 0. The molecule has 38 heavy (non-hydrogen) atoms. The van der Waals surface area contributed by atoms with Crippen LogP contribution in [0.25, 0.3) is 5.57 Å². The number of hydrogen-bond donors (Lipinski definition) is 3. The van der Waals surface area contributed by atoms with Crippen LogP contribution in [0.15, 0.2) is 60.7 Å². The van der Waals surface area contributed by atoms with Crippen molar-refractivity contribution in [1.29, 1.82) is 0 Å². The van der Waals surface area contributed by atoms with Crippen molar-refractivity contribution in [3.8, 4) is 0 Å². The van der Waals surface area contributed by atoms with E-state index in [0.29, 0.717) is 12.1 Å². The molecule has 0 atom stereocenters. The van der Waals surface area contributed by atoms with Crippen LogP contribution in [0.2, 0.25) is 0 Å². The van der Waals surface area contributed by atoms with Gasteiger partial charge in [0.25, 0.3) is 0 Å². The molecule has 2 aromatic rings. The molecule has 0 radical (unpaired) electrons. The zero-order valence-electron chi connectivity index (χ0n) is 22.4. The first kappa shape index (κ1) is 29.2. The summed E-state index contributed by atoms with van der Waals surface area (Å²) in [5, 5.41) is 14.9. The van der Waals surface area contributed by atoms with Crippen molar-refractivity contribution >= 4 is 29.0 Å². The van der Waals surface area contributed by atoms with E-state index in [2.05, 4.69) is 10.6 Å². The van der Waals surface area contributed by atoms with Crippen molar-refractivity contribution in [2.45, 2.75) is 95.9 Å². The Hall–Kier alpha value is -3.41. The van der Waals surface area contributed by atoms with Crippen LogP contribution in [0.1, 0.15) is 101 Å². The summed E-state index contributed by atoms with van der Waals surface area (Å²) in [6.07, 6.45) is 15.6. The van der Waals surface area contributed by atoms with Crippen molar-refractivity contribution in [3.63, 3.8) is 0 Å². The van der Waals surface area contributed by atoms with Gasteiger partial charge in [-0.1, -0.05) is 100 Å².